The number of fused-ring (bicyclic) bond motifs is 2. The van der Waals surface area contributed by atoms with E-state index in [1.807, 2.05) is 12.1 Å². The third-order valence-corrected chi connectivity index (χ3v) is 10.4. The number of alkyl halides is 3. The van der Waals surface area contributed by atoms with Gasteiger partial charge in [-0.15, -0.1) is 10.2 Å². The number of phenols is 2. The molecule has 0 saturated heterocycles. The number of anilines is 2. The summed E-state index contributed by atoms with van der Waals surface area (Å²) in [6.07, 6.45) is -3.51. The average molecular weight is 951 g/mol. The number of imide groups is 1. The molecule has 8 rings (SSSR count). The van der Waals surface area contributed by atoms with Gasteiger partial charge in [0.15, 0.2) is 5.78 Å². The Balaban J connectivity index is 0.862. The van der Waals surface area contributed by atoms with Crippen LogP contribution >= 0.6 is 11.6 Å². The topological polar surface area (TPSA) is 208 Å². The average Bonchev–Trinajstić information content (AvgIpc) is 3.34. The Kier molecular flexibility index (Phi) is 13.8. The fourth-order valence-corrected chi connectivity index (χ4v) is 6.95. The number of oxime groups is 1. The van der Waals surface area contributed by atoms with E-state index < -0.39 is 23.7 Å². The van der Waals surface area contributed by atoms with Crippen LogP contribution in [0.4, 0.5) is 52.1 Å². The molecule has 0 atom stereocenters. The number of aromatic hydroxyl groups is 2. The van der Waals surface area contributed by atoms with Gasteiger partial charge in [-0.25, -0.2) is 10.3 Å². The van der Waals surface area contributed by atoms with Gasteiger partial charge in [0.25, 0.3) is 5.91 Å². The van der Waals surface area contributed by atoms with Gasteiger partial charge >= 0.3 is 12.2 Å². The normalized spacial score (nSPS) is 11.7. The van der Waals surface area contributed by atoms with Crippen molar-refractivity contribution >= 4 is 91.4 Å². The third kappa shape index (κ3) is 11.6. The van der Waals surface area contributed by atoms with Crippen LogP contribution in [0.15, 0.2) is 183 Å². The molecule has 0 aromatic heterocycles. The van der Waals surface area contributed by atoms with E-state index in [1.54, 1.807) is 84.9 Å². The number of rotatable bonds is 14. The lowest BCUT2D eigenvalue weighted by Gasteiger charge is -2.11. The number of azo groups is 2. The van der Waals surface area contributed by atoms with Crippen LogP contribution in [0.25, 0.3) is 21.5 Å². The summed E-state index contributed by atoms with van der Waals surface area (Å²) < 4.78 is 39.2. The molecule has 19 heteroatoms. The zero-order valence-electron chi connectivity index (χ0n) is 35.5. The van der Waals surface area contributed by atoms with Gasteiger partial charge in [-0.3, -0.25) is 14.9 Å². The summed E-state index contributed by atoms with van der Waals surface area (Å²) in [7, 11) is 0. The maximum Gasteiger partial charge on any atom is 0.416 e. The van der Waals surface area contributed by atoms with E-state index in [4.69, 9.17) is 21.3 Å². The molecule has 0 radical (unpaired) electrons. The predicted octanol–water partition coefficient (Wildman–Crippen LogP) is 13.6. The number of hydrogen-bond acceptors (Lipinski definition) is 13. The van der Waals surface area contributed by atoms with E-state index in [0.29, 0.717) is 49.4 Å². The SMILES string of the molecule is O=C(NC(=O)c1ccc2c(N=Nc3ccc(C(=O)c4ccc(N=Nc5c(O)ccc6cc(CO/N=C/ONc7cccc(Cl)c7)ccc56)cc4)cc3)c(O)ccc2c1)Nc1cccc(C(F)(F)F)c1. The highest BCUT2D eigenvalue weighted by Gasteiger charge is 2.30. The number of carbonyl (C=O) groups excluding carboxylic acids is 3. The minimum absolute atomic E-state index is 0.0496. The van der Waals surface area contributed by atoms with Gasteiger partial charge in [0.2, 0.25) is 6.40 Å². The molecule has 5 N–H and O–H groups in total. The van der Waals surface area contributed by atoms with Crippen molar-refractivity contribution in [3.63, 3.8) is 0 Å². The molecule has 0 aliphatic heterocycles. The molecule has 344 valence electrons. The smallest absolute Gasteiger partial charge is 0.416 e. The number of benzene rings is 8. The van der Waals surface area contributed by atoms with E-state index in [0.717, 1.165) is 35.5 Å². The van der Waals surface area contributed by atoms with E-state index in [2.05, 4.69) is 41.7 Å². The van der Waals surface area contributed by atoms with Crippen LogP contribution in [0.2, 0.25) is 5.02 Å². The molecule has 69 heavy (non-hydrogen) atoms. The van der Waals surface area contributed by atoms with Crippen molar-refractivity contribution in [2.24, 2.45) is 25.6 Å². The Labute approximate surface area is 394 Å². The monoisotopic (exact) mass is 950 g/mol. The van der Waals surface area contributed by atoms with Crippen molar-refractivity contribution in [2.45, 2.75) is 12.8 Å². The van der Waals surface area contributed by atoms with Crippen LogP contribution in [0, 0.1) is 0 Å². The first-order valence-electron chi connectivity index (χ1n) is 20.5. The van der Waals surface area contributed by atoms with Crippen molar-refractivity contribution in [2.75, 3.05) is 10.8 Å². The Morgan fingerprint density at radius 3 is 1.83 bits per heavy atom. The largest absolute Gasteiger partial charge is 0.506 e. The zero-order valence-corrected chi connectivity index (χ0v) is 36.2. The second-order valence-electron chi connectivity index (χ2n) is 14.9. The van der Waals surface area contributed by atoms with Gasteiger partial charge in [-0.05, 0) is 132 Å². The van der Waals surface area contributed by atoms with Crippen LogP contribution in [0.1, 0.15) is 37.4 Å². The van der Waals surface area contributed by atoms with Gasteiger partial charge in [0, 0.05) is 38.2 Å². The number of nitrogens with zero attached hydrogens (tertiary/aromatic N) is 5. The Hall–Kier alpha value is -9.16. The lowest BCUT2D eigenvalue weighted by Crippen LogP contribution is -2.34. The number of amides is 3. The standard InChI is InChI=1S/C50H34ClF3N8O7/c51-36-4-2-6-40(26-36)62-69-28-55-68-27-29-7-19-41-32(23-29)13-21-43(63)45(41)60-58-37-15-8-30(9-16-37)47(65)31-10-17-38(18-11-31)59-61-46-42-20-12-34(24-33(42)14-22-44(46)64)48(66)57-49(67)56-39-5-1-3-35(25-39)50(52,53)54/h1-26,28,62-64H,27H2,(H2,56,57,66,67)/b55-28+,60-58?,61-59?. The number of urea groups is 1. The first-order chi connectivity index (χ1) is 33.3. The molecule has 8 aromatic carbocycles. The van der Waals surface area contributed by atoms with E-state index >= 15 is 0 Å². The molecule has 0 fully saturated rings. The molecule has 8 aromatic rings. The number of nitrogens with one attached hydrogen (secondary N) is 3. The van der Waals surface area contributed by atoms with Gasteiger partial charge < -0.3 is 25.2 Å². The van der Waals surface area contributed by atoms with Crippen LogP contribution in [-0.4, -0.2) is 34.3 Å². The van der Waals surface area contributed by atoms with Crippen molar-refractivity contribution < 1.29 is 47.4 Å². The van der Waals surface area contributed by atoms with Crippen LogP contribution in [0.3, 0.4) is 0 Å². The minimum atomic E-state index is -4.62. The van der Waals surface area contributed by atoms with Crippen molar-refractivity contribution in [1.29, 1.82) is 0 Å². The summed E-state index contributed by atoms with van der Waals surface area (Å²) >= 11 is 5.95. The fraction of sp³-hybridized carbons (Fsp3) is 0.0400. The molecule has 0 spiro atoms. The van der Waals surface area contributed by atoms with Gasteiger partial charge in [-0.2, -0.15) is 23.4 Å². The molecule has 0 aliphatic rings. The molecular formula is C50H34ClF3N8O7. The van der Waals surface area contributed by atoms with Crippen molar-refractivity contribution in [3.05, 3.63) is 191 Å². The van der Waals surface area contributed by atoms with Crippen LogP contribution in [0.5, 0.6) is 11.5 Å². The Morgan fingerprint density at radius 1 is 0.623 bits per heavy atom. The third-order valence-electron chi connectivity index (χ3n) is 10.1. The van der Waals surface area contributed by atoms with Crippen molar-refractivity contribution in [1.82, 2.24) is 5.32 Å². The lowest BCUT2D eigenvalue weighted by atomic mass is 10.0. The van der Waals surface area contributed by atoms with Gasteiger partial charge in [-0.1, -0.05) is 59.2 Å². The van der Waals surface area contributed by atoms with Crippen LogP contribution in [-0.2, 0) is 22.5 Å². The molecule has 0 aliphatic carbocycles. The summed E-state index contributed by atoms with van der Waals surface area (Å²) in [5, 5.41) is 49.3. The summed E-state index contributed by atoms with van der Waals surface area (Å²) in [4.78, 5) is 49.1. The number of ketones is 1. The highest BCUT2D eigenvalue weighted by Crippen LogP contribution is 2.38. The molecule has 0 heterocycles. The zero-order chi connectivity index (χ0) is 48.5. The number of phenolic OH excluding ortho intramolecular Hbond substituents is 2. The minimum Gasteiger partial charge on any atom is -0.506 e. The predicted molar refractivity (Wildman–Crippen MR) is 253 cm³/mol. The number of halogens is 4. The summed E-state index contributed by atoms with van der Waals surface area (Å²) in [5.74, 6) is -1.38. The fourth-order valence-electron chi connectivity index (χ4n) is 6.76. The lowest BCUT2D eigenvalue weighted by molar-refractivity contribution is -0.137. The highest BCUT2D eigenvalue weighted by atomic mass is 35.5. The summed E-state index contributed by atoms with van der Waals surface area (Å²) in [6, 6.07) is 38.6. The Bertz CT molecular complexity index is 3330. The maximum atomic E-state index is 13.4. The van der Waals surface area contributed by atoms with Crippen LogP contribution < -0.4 is 16.1 Å². The Morgan fingerprint density at radius 2 is 1.20 bits per heavy atom. The van der Waals surface area contributed by atoms with Gasteiger partial charge in [0.1, 0.15) is 29.5 Å². The molecule has 0 saturated carbocycles. The first kappa shape index (κ1) is 46.4. The molecule has 0 bridgehead atoms. The van der Waals surface area contributed by atoms with Gasteiger partial charge in [0.05, 0.1) is 22.6 Å². The van der Waals surface area contributed by atoms with E-state index in [-0.39, 0.29) is 46.5 Å². The molecule has 15 nitrogen and oxygen atoms in total. The number of hydrogen-bond donors (Lipinski definition) is 5. The second kappa shape index (κ2) is 20.6. The van der Waals surface area contributed by atoms with Crippen molar-refractivity contribution in [3.8, 4) is 11.5 Å². The quantitative estimate of drug-likeness (QED) is 0.0232. The highest BCUT2D eigenvalue weighted by molar-refractivity contribution is 6.30. The van der Waals surface area contributed by atoms with E-state index in [1.165, 1.54) is 42.5 Å². The van der Waals surface area contributed by atoms with E-state index in [9.17, 15) is 37.8 Å². The summed E-state index contributed by atoms with van der Waals surface area (Å²) in [5.41, 5.74) is 4.93. The maximum absolute atomic E-state index is 13.4. The molecular weight excluding hydrogens is 917 g/mol. The summed E-state index contributed by atoms with van der Waals surface area (Å²) in [6.45, 7) is 0.145. The second-order valence-corrected chi connectivity index (χ2v) is 15.3. The molecule has 3 amide bonds. The first-order valence-corrected chi connectivity index (χ1v) is 20.8. The number of carbonyl (C=O) groups is 3. The molecule has 0 unspecified atom stereocenters.